The molecule has 0 radical (unpaired) electrons. The molecule has 0 aliphatic carbocycles. The third-order valence-corrected chi connectivity index (χ3v) is 1.72. The van der Waals surface area contributed by atoms with Gasteiger partial charge in [0.2, 0.25) is 0 Å². The first-order valence-electron chi connectivity index (χ1n) is 3.81. The molecule has 5 heteroatoms. The van der Waals surface area contributed by atoms with Crippen LogP contribution in [0.3, 0.4) is 0 Å². The molecule has 0 aromatic heterocycles. The number of nitrogens with two attached hydrogens (primary N) is 1. The van der Waals surface area contributed by atoms with E-state index in [1.807, 2.05) is 0 Å². The summed E-state index contributed by atoms with van der Waals surface area (Å²) in [6.07, 6.45) is -0.373. The van der Waals surface area contributed by atoms with E-state index in [9.17, 15) is 9.18 Å². The van der Waals surface area contributed by atoms with Gasteiger partial charge in [0, 0.05) is 6.54 Å². The molecule has 0 fully saturated rings. The van der Waals surface area contributed by atoms with Crippen molar-refractivity contribution in [2.24, 2.45) is 5.73 Å². The Labute approximate surface area is 70.9 Å². The van der Waals surface area contributed by atoms with Gasteiger partial charge in [0.1, 0.15) is 0 Å². The van der Waals surface area contributed by atoms with Crippen LogP contribution in [0.5, 0.6) is 0 Å². The Balaban J connectivity index is 3.95. The molecule has 12 heavy (non-hydrogen) atoms. The van der Waals surface area contributed by atoms with Crippen molar-refractivity contribution in [2.45, 2.75) is 25.3 Å². The zero-order valence-corrected chi connectivity index (χ0v) is 7.14. The van der Waals surface area contributed by atoms with Gasteiger partial charge in [-0.2, -0.15) is 0 Å². The normalized spacial score (nSPS) is 15.2. The number of alkyl halides is 1. The summed E-state index contributed by atoms with van der Waals surface area (Å²) in [7, 11) is 0. The second-order valence-electron chi connectivity index (χ2n) is 2.99. The van der Waals surface area contributed by atoms with Crippen LogP contribution in [0.2, 0.25) is 0 Å². The van der Waals surface area contributed by atoms with Crippen LogP contribution in [0.25, 0.3) is 0 Å². The molecule has 1 atom stereocenters. The molecule has 1 unspecified atom stereocenters. The van der Waals surface area contributed by atoms with Gasteiger partial charge in [-0.1, -0.05) is 0 Å². The largest absolute Gasteiger partial charge is 0.465 e. The van der Waals surface area contributed by atoms with E-state index in [1.54, 1.807) is 6.92 Å². The Hall–Kier alpha value is -0.840. The summed E-state index contributed by atoms with van der Waals surface area (Å²) in [5, 5.41) is 10.7. The molecule has 0 saturated carbocycles. The number of halogens is 1. The van der Waals surface area contributed by atoms with Crippen molar-refractivity contribution in [1.82, 2.24) is 5.32 Å². The number of carboxylic acid groups (broad SMARTS) is 1. The maximum atomic E-state index is 11.8. The fraction of sp³-hybridized carbons (Fsp3) is 0.857. The molecule has 0 spiro atoms. The molecule has 0 aliphatic heterocycles. The average Bonchev–Trinajstić information content (AvgIpc) is 2.00. The van der Waals surface area contributed by atoms with E-state index < -0.39 is 18.3 Å². The zero-order chi connectivity index (χ0) is 9.61. The average molecular weight is 178 g/mol. The minimum atomic E-state index is -1.12. The van der Waals surface area contributed by atoms with Gasteiger partial charge in [-0.05, 0) is 19.8 Å². The van der Waals surface area contributed by atoms with Crippen LogP contribution in [-0.4, -0.2) is 30.0 Å². The third-order valence-electron chi connectivity index (χ3n) is 1.72. The lowest BCUT2D eigenvalue weighted by atomic mass is 9.96. The lowest BCUT2D eigenvalue weighted by Crippen LogP contribution is -2.50. The third kappa shape index (κ3) is 4.12. The van der Waals surface area contributed by atoms with Crippen LogP contribution >= 0.6 is 0 Å². The predicted octanol–water partition coefficient (Wildman–Crippen LogP) is 0.721. The van der Waals surface area contributed by atoms with Gasteiger partial charge in [0.15, 0.2) is 0 Å². The van der Waals surface area contributed by atoms with E-state index >= 15 is 0 Å². The van der Waals surface area contributed by atoms with Gasteiger partial charge >= 0.3 is 6.09 Å². The van der Waals surface area contributed by atoms with Gasteiger partial charge in [0.25, 0.3) is 0 Å². The lowest BCUT2D eigenvalue weighted by Gasteiger charge is -2.27. The number of amides is 1. The monoisotopic (exact) mass is 178 g/mol. The Morgan fingerprint density at radius 1 is 1.75 bits per heavy atom. The Morgan fingerprint density at radius 3 is 2.67 bits per heavy atom. The summed E-state index contributed by atoms with van der Waals surface area (Å²) in [6.45, 7) is 1.40. The van der Waals surface area contributed by atoms with Crippen molar-refractivity contribution < 1.29 is 14.3 Å². The topological polar surface area (TPSA) is 75.3 Å². The first-order valence-corrected chi connectivity index (χ1v) is 3.81. The van der Waals surface area contributed by atoms with Crippen LogP contribution in [-0.2, 0) is 0 Å². The molecule has 0 aromatic carbocycles. The molecule has 0 saturated heterocycles. The zero-order valence-electron chi connectivity index (χ0n) is 7.14. The molecule has 72 valence electrons. The van der Waals surface area contributed by atoms with Crippen molar-refractivity contribution in [3.8, 4) is 0 Å². The maximum Gasteiger partial charge on any atom is 0.405 e. The number of hydrogen-bond acceptors (Lipinski definition) is 2. The van der Waals surface area contributed by atoms with Crippen molar-refractivity contribution in [3.63, 3.8) is 0 Å². The van der Waals surface area contributed by atoms with Gasteiger partial charge in [-0.25, -0.2) is 4.79 Å². The summed E-state index contributed by atoms with van der Waals surface area (Å²) >= 11 is 0. The summed E-state index contributed by atoms with van der Waals surface area (Å²) < 4.78 is 11.8. The summed E-state index contributed by atoms with van der Waals surface area (Å²) in [4.78, 5) is 10.3. The molecule has 0 aliphatic rings. The van der Waals surface area contributed by atoms with E-state index in [2.05, 4.69) is 5.32 Å². The van der Waals surface area contributed by atoms with Crippen LogP contribution in [0, 0.1) is 0 Å². The van der Waals surface area contributed by atoms with Crippen LogP contribution in [0.15, 0.2) is 0 Å². The first-order chi connectivity index (χ1) is 5.54. The van der Waals surface area contributed by atoms with Crippen LogP contribution < -0.4 is 11.1 Å². The lowest BCUT2D eigenvalue weighted by molar-refractivity contribution is 0.177. The number of rotatable bonds is 5. The highest BCUT2D eigenvalue weighted by molar-refractivity contribution is 5.65. The highest BCUT2D eigenvalue weighted by atomic mass is 19.1. The van der Waals surface area contributed by atoms with Gasteiger partial charge in [-0.15, -0.1) is 0 Å². The fourth-order valence-corrected chi connectivity index (χ4v) is 0.931. The van der Waals surface area contributed by atoms with E-state index in [-0.39, 0.29) is 6.54 Å². The van der Waals surface area contributed by atoms with Crippen molar-refractivity contribution in [2.75, 3.05) is 13.2 Å². The quantitative estimate of drug-likeness (QED) is 0.580. The molecular formula is C7H15FN2O2. The molecule has 0 bridgehead atoms. The molecule has 0 heterocycles. The summed E-state index contributed by atoms with van der Waals surface area (Å²) in [5.74, 6) is 0. The van der Waals surface area contributed by atoms with Gasteiger partial charge in [-0.3, -0.25) is 4.39 Å². The first kappa shape index (κ1) is 11.2. The summed E-state index contributed by atoms with van der Waals surface area (Å²) in [5.41, 5.74) is 4.65. The second kappa shape index (κ2) is 4.92. The van der Waals surface area contributed by atoms with Gasteiger partial charge in [0.05, 0.1) is 12.2 Å². The SMILES string of the molecule is CC(CN)(CCCF)NC(=O)O. The van der Waals surface area contributed by atoms with E-state index in [1.165, 1.54) is 0 Å². The Bertz CT molecular complexity index is 154. The Kier molecular flexibility index (Phi) is 4.58. The Morgan fingerprint density at radius 2 is 2.33 bits per heavy atom. The molecule has 4 nitrogen and oxygen atoms in total. The predicted molar refractivity (Wildman–Crippen MR) is 43.8 cm³/mol. The molecule has 0 rings (SSSR count). The molecule has 0 aromatic rings. The minimum Gasteiger partial charge on any atom is -0.465 e. The van der Waals surface area contributed by atoms with Crippen LogP contribution in [0.4, 0.5) is 9.18 Å². The van der Waals surface area contributed by atoms with Crippen molar-refractivity contribution >= 4 is 6.09 Å². The number of nitrogens with one attached hydrogen (secondary N) is 1. The fourth-order valence-electron chi connectivity index (χ4n) is 0.931. The molecule has 1 amide bonds. The second-order valence-corrected chi connectivity index (χ2v) is 2.99. The molecular weight excluding hydrogens is 163 g/mol. The highest BCUT2D eigenvalue weighted by Crippen LogP contribution is 2.10. The smallest absolute Gasteiger partial charge is 0.405 e. The number of carbonyl (C=O) groups is 1. The minimum absolute atomic E-state index is 0.180. The highest BCUT2D eigenvalue weighted by Gasteiger charge is 2.23. The maximum absolute atomic E-state index is 11.8. The van der Waals surface area contributed by atoms with Crippen molar-refractivity contribution in [3.05, 3.63) is 0 Å². The van der Waals surface area contributed by atoms with Crippen LogP contribution in [0.1, 0.15) is 19.8 Å². The van der Waals surface area contributed by atoms with Gasteiger partial charge < -0.3 is 16.2 Å². The number of hydrogen-bond donors (Lipinski definition) is 3. The summed E-state index contributed by atoms with van der Waals surface area (Å²) in [6, 6.07) is 0. The van der Waals surface area contributed by atoms with E-state index in [4.69, 9.17) is 10.8 Å². The standard InChI is InChI=1S/C7H15FN2O2/c1-7(5-9,3-2-4-8)10-6(11)12/h10H,2-5,9H2,1H3,(H,11,12). The van der Waals surface area contributed by atoms with Crippen molar-refractivity contribution in [1.29, 1.82) is 0 Å². The van der Waals surface area contributed by atoms with E-state index in [0.29, 0.717) is 12.8 Å². The van der Waals surface area contributed by atoms with E-state index in [0.717, 1.165) is 0 Å². The molecule has 4 N–H and O–H groups in total.